The van der Waals surface area contributed by atoms with E-state index in [0.29, 0.717) is 0 Å². The molecule has 0 aliphatic carbocycles. The van der Waals surface area contributed by atoms with Gasteiger partial charge in [-0.1, -0.05) is 31.6 Å². The van der Waals surface area contributed by atoms with Gasteiger partial charge in [0.25, 0.3) is 0 Å². The van der Waals surface area contributed by atoms with Gasteiger partial charge in [0.05, 0.1) is 0 Å². The lowest BCUT2D eigenvalue weighted by molar-refractivity contribution is 0.285. The highest BCUT2D eigenvalue weighted by Gasteiger charge is 1.81. The normalized spacial score (nSPS) is 8.43. The summed E-state index contributed by atoms with van der Waals surface area (Å²) in [5.41, 5.74) is 0. The first kappa shape index (κ1) is 13.1. The minimum Gasteiger partial charge on any atom is -0.396 e. The lowest BCUT2D eigenvalue weighted by atomic mass is 10.2. The van der Waals surface area contributed by atoms with E-state index in [9.17, 15) is 0 Å². The van der Waals surface area contributed by atoms with Crippen LogP contribution in [0, 0.1) is 23.7 Å². The van der Waals surface area contributed by atoms with Crippen LogP contribution in [0.1, 0.15) is 51.9 Å². The highest BCUT2D eigenvalue weighted by molar-refractivity contribution is 5.25. The minimum atomic E-state index is 0.268. The summed E-state index contributed by atoms with van der Waals surface area (Å²) in [7, 11) is 0. The van der Waals surface area contributed by atoms with Crippen molar-refractivity contribution in [3.63, 3.8) is 0 Å². The van der Waals surface area contributed by atoms with Gasteiger partial charge in [-0.3, -0.25) is 0 Å². The van der Waals surface area contributed by atoms with E-state index in [2.05, 4.69) is 30.6 Å². The SMILES string of the molecule is CCCCCC#CC#CCCCCO. The van der Waals surface area contributed by atoms with E-state index in [-0.39, 0.29) is 6.61 Å². The third-order valence-corrected chi connectivity index (χ3v) is 1.85. The Morgan fingerprint density at radius 2 is 1.43 bits per heavy atom. The first-order valence-corrected chi connectivity index (χ1v) is 5.48. The number of unbranched alkanes of at least 4 members (excludes halogenated alkanes) is 5. The van der Waals surface area contributed by atoms with Gasteiger partial charge in [0, 0.05) is 19.4 Å². The Kier molecular flexibility index (Phi) is 11.3. The fourth-order valence-electron chi connectivity index (χ4n) is 1.00. The molecule has 0 aromatic heterocycles. The van der Waals surface area contributed by atoms with E-state index in [1.807, 2.05) is 0 Å². The molecule has 0 heterocycles. The van der Waals surface area contributed by atoms with E-state index in [0.717, 1.165) is 25.7 Å². The molecule has 0 aromatic rings. The van der Waals surface area contributed by atoms with Crippen molar-refractivity contribution in [3.05, 3.63) is 0 Å². The summed E-state index contributed by atoms with van der Waals surface area (Å²) in [4.78, 5) is 0. The summed E-state index contributed by atoms with van der Waals surface area (Å²) in [5, 5.41) is 8.51. The molecule has 0 saturated heterocycles. The number of hydrogen-bond donors (Lipinski definition) is 1. The molecule has 1 heteroatoms. The number of aliphatic hydroxyl groups excluding tert-OH is 1. The van der Waals surface area contributed by atoms with Gasteiger partial charge in [-0.25, -0.2) is 0 Å². The Labute approximate surface area is 87.9 Å². The quantitative estimate of drug-likeness (QED) is 0.507. The highest BCUT2D eigenvalue weighted by Crippen LogP contribution is 1.96. The summed E-state index contributed by atoms with van der Waals surface area (Å²) in [6, 6.07) is 0. The van der Waals surface area contributed by atoms with Gasteiger partial charge < -0.3 is 5.11 Å². The molecule has 0 amide bonds. The topological polar surface area (TPSA) is 20.2 Å². The Bertz CT molecular complexity index is 195. The predicted octanol–water partition coefficient (Wildman–Crippen LogP) is 2.74. The zero-order valence-electron chi connectivity index (χ0n) is 9.10. The molecule has 0 unspecified atom stereocenters. The van der Waals surface area contributed by atoms with Crippen LogP contribution in [-0.4, -0.2) is 11.7 Å². The first-order chi connectivity index (χ1) is 6.91. The fourth-order valence-corrected chi connectivity index (χ4v) is 1.00. The first-order valence-electron chi connectivity index (χ1n) is 5.48. The van der Waals surface area contributed by atoms with Crippen molar-refractivity contribution in [2.45, 2.75) is 51.9 Å². The minimum absolute atomic E-state index is 0.268. The second-order valence-corrected chi connectivity index (χ2v) is 3.24. The van der Waals surface area contributed by atoms with Crippen LogP contribution in [0.2, 0.25) is 0 Å². The van der Waals surface area contributed by atoms with Crippen LogP contribution in [0.15, 0.2) is 0 Å². The van der Waals surface area contributed by atoms with Gasteiger partial charge in [-0.05, 0) is 31.1 Å². The van der Waals surface area contributed by atoms with Crippen molar-refractivity contribution >= 4 is 0 Å². The highest BCUT2D eigenvalue weighted by atomic mass is 16.2. The third kappa shape index (κ3) is 11.1. The Morgan fingerprint density at radius 3 is 1.93 bits per heavy atom. The van der Waals surface area contributed by atoms with E-state index >= 15 is 0 Å². The van der Waals surface area contributed by atoms with E-state index in [1.165, 1.54) is 19.3 Å². The Morgan fingerprint density at radius 1 is 0.857 bits per heavy atom. The van der Waals surface area contributed by atoms with Crippen LogP contribution in [0.4, 0.5) is 0 Å². The molecule has 0 atom stereocenters. The molecule has 0 aromatic carbocycles. The summed E-state index contributed by atoms with van der Waals surface area (Å²) in [6.07, 6.45) is 7.34. The third-order valence-electron chi connectivity index (χ3n) is 1.85. The molecule has 0 aliphatic heterocycles. The summed E-state index contributed by atoms with van der Waals surface area (Å²) in [6.45, 7) is 2.46. The molecule has 0 spiro atoms. The van der Waals surface area contributed by atoms with Crippen LogP contribution < -0.4 is 0 Å². The van der Waals surface area contributed by atoms with Crippen LogP contribution in [-0.2, 0) is 0 Å². The smallest absolute Gasteiger partial charge is 0.0431 e. The average Bonchev–Trinajstić information content (AvgIpc) is 2.21. The molecule has 0 aliphatic rings. The van der Waals surface area contributed by atoms with Gasteiger partial charge in [0.2, 0.25) is 0 Å². The van der Waals surface area contributed by atoms with Crippen LogP contribution in [0.3, 0.4) is 0 Å². The van der Waals surface area contributed by atoms with Gasteiger partial charge in [0.1, 0.15) is 0 Å². The van der Waals surface area contributed by atoms with Crippen molar-refractivity contribution in [2.24, 2.45) is 0 Å². The second-order valence-electron chi connectivity index (χ2n) is 3.24. The average molecular weight is 192 g/mol. The number of aliphatic hydroxyl groups is 1. The number of rotatable bonds is 6. The molecule has 0 fully saturated rings. The molecule has 0 rings (SSSR count). The van der Waals surface area contributed by atoms with Crippen molar-refractivity contribution in [2.75, 3.05) is 6.61 Å². The maximum absolute atomic E-state index is 8.51. The van der Waals surface area contributed by atoms with Gasteiger partial charge >= 0.3 is 0 Å². The molecule has 1 N–H and O–H groups in total. The standard InChI is InChI=1S/C13H20O/c1-2-3-4-5-6-7-8-9-10-11-12-13-14/h14H,2-5,10-13H2,1H3. The lowest BCUT2D eigenvalue weighted by Crippen LogP contribution is -1.80. The van der Waals surface area contributed by atoms with Crippen molar-refractivity contribution in [1.29, 1.82) is 0 Å². The lowest BCUT2D eigenvalue weighted by Gasteiger charge is -1.87. The van der Waals surface area contributed by atoms with E-state index in [1.54, 1.807) is 0 Å². The number of hydrogen-bond acceptors (Lipinski definition) is 1. The zero-order valence-corrected chi connectivity index (χ0v) is 9.10. The monoisotopic (exact) mass is 192 g/mol. The predicted molar refractivity (Wildman–Crippen MR) is 60.6 cm³/mol. The summed E-state index contributed by atoms with van der Waals surface area (Å²) >= 11 is 0. The van der Waals surface area contributed by atoms with Crippen molar-refractivity contribution in [1.82, 2.24) is 0 Å². The zero-order chi connectivity index (χ0) is 10.5. The van der Waals surface area contributed by atoms with Crippen molar-refractivity contribution < 1.29 is 5.11 Å². The molecule has 1 nitrogen and oxygen atoms in total. The van der Waals surface area contributed by atoms with E-state index < -0.39 is 0 Å². The van der Waals surface area contributed by atoms with Crippen molar-refractivity contribution in [3.8, 4) is 23.7 Å². The summed E-state index contributed by atoms with van der Waals surface area (Å²) < 4.78 is 0. The Hall–Kier alpha value is -0.920. The molecular formula is C13H20O. The van der Waals surface area contributed by atoms with Crippen LogP contribution in [0.5, 0.6) is 0 Å². The molecule has 0 saturated carbocycles. The molecule has 0 radical (unpaired) electrons. The van der Waals surface area contributed by atoms with E-state index in [4.69, 9.17) is 5.11 Å². The largest absolute Gasteiger partial charge is 0.396 e. The Balaban J connectivity index is 3.29. The summed E-state index contributed by atoms with van der Waals surface area (Å²) in [5.74, 6) is 11.7. The second kappa shape index (κ2) is 12.1. The van der Waals surface area contributed by atoms with Gasteiger partial charge in [-0.2, -0.15) is 0 Å². The molecule has 0 bridgehead atoms. The maximum Gasteiger partial charge on any atom is 0.0431 e. The van der Waals surface area contributed by atoms with Gasteiger partial charge in [-0.15, -0.1) is 0 Å². The molecular weight excluding hydrogens is 172 g/mol. The van der Waals surface area contributed by atoms with Crippen LogP contribution in [0.25, 0.3) is 0 Å². The van der Waals surface area contributed by atoms with Gasteiger partial charge in [0.15, 0.2) is 0 Å². The molecule has 14 heavy (non-hydrogen) atoms. The maximum atomic E-state index is 8.51. The van der Waals surface area contributed by atoms with Crippen LogP contribution >= 0.6 is 0 Å². The fraction of sp³-hybridized carbons (Fsp3) is 0.692. The molecule has 78 valence electrons.